The van der Waals surface area contributed by atoms with Crippen LogP contribution in [0.4, 0.5) is 0 Å². The largest absolute Gasteiger partial charge is 0.350 e. The normalized spacial score (nSPS) is 14.9. The first-order valence-corrected chi connectivity index (χ1v) is 4.38. The number of amides is 1. The molecule has 1 amide bonds. The van der Waals surface area contributed by atoms with Gasteiger partial charge in [-0.05, 0) is 19.1 Å². The molecule has 0 aromatic heterocycles. The molecule has 0 unspecified atom stereocenters. The van der Waals surface area contributed by atoms with Gasteiger partial charge in [-0.25, -0.2) is 0 Å². The molecule has 0 spiro atoms. The van der Waals surface area contributed by atoms with Crippen molar-refractivity contribution in [1.29, 1.82) is 0 Å². The van der Waals surface area contributed by atoms with Gasteiger partial charge in [-0.2, -0.15) is 0 Å². The topological polar surface area (TPSA) is 53.2 Å². The molecule has 72 valence electrons. The second kappa shape index (κ2) is 4.54. The number of carbonyl (C=O) groups is 1. The Morgan fingerprint density at radius 2 is 2.23 bits per heavy atom. The molecule has 0 saturated heterocycles. The second-order valence-electron chi connectivity index (χ2n) is 2.92. The van der Waals surface area contributed by atoms with Crippen LogP contribution >= 0.6 is 0 Å². The van der Waals surface area contributed by atoms with E-state index in [1.54, 1.807) is 0 Å². The lowest BCUT2D eigenvalue weighted by atomic mass is 10.3. The molecule has 13 heavy (non-hydrogen) atoms. The maximum absolute atomic E-state index is 10.9. The highest BCUT2D eigenvalue weighted by atomic mass is 16.1. The molecule has 4 nitrogen and oxygen atoms in total. The van der Waals surface area contributed by atoms with E-state index in [1.807, 2.05) is 26.0 Å². The SMILES string of the molecule is CCC(=O)NCC1=CC=C(C)NN1. The fourth-order valence-electron chi connectivity index (χ4n) is 0.910. The van der Waals surface area contributed by atoms with Crippen molar-refractivity contribution in [1.82, 2.24) is 16.2 Å². The number of hydrogen-bond acceptors (Lipinski definition) is 3. The Labute approximate surface area is 78.1 Å². The average molecular weight is 181 g/mol. The molecule has 1 aliphatic heterocycles. The molecule has 1 heterocycles. The van der Waals surface area contributed by atoms with Crippen LogP contribution < -0.4 is 16.2 Å². The Bertz CT molecular complexity index is 256. The summed E-state index contributed by atoms with van der Waals surface area (Å²) in [7, 11) is 0. The summed E-state index contributed by atoms with van der Waals surface area (Å²) in [6, 6.07) is 0. The summed E-state index contributed by atoms with van der Waals surface area (Å²) < 4.78 is 0. The highest BCUT2D eigenvalue weighted by molar-refractivity contribution is 5.75. The Balaban J connectivity index is 2.34. The number of nitrogens with one attached hydrogen (secondary N) is 3. The third-order valence-corrected chi connectivity index (χ3v) is 1.75. The lowest BCUT2D eigenvalue weighted by molar-refractivity contribution is -0.120. The first-order chi connectivity index (χ1) is 6.22. The smallest absolute Gasteiger partial charge is 0.220 e. The van der Waals surface area contributed by atoms with Gasteiger partial charge in [0.2, 0.25) is 5.91 Å². The van der Waals surface area contributed by atoms with Crippen LogP contribution in [0.5, 0.6) is 0 Å². The molecular weight excluding hydrogens is 166 g/mol. The molecule has 0 aliphatic carbocycles. The van der Waals surface area contributed by atoms with E-state index >= 15 is 0 Å². The minimum atomic E-state index is 0.0639. The van der Waals surface area contributed by atoms with Gasteiger partial charge in [-0.15, -0.1) is 0 Å². The monoisotopic (exact) mass is 181 g/mol. The van der Waals surface area contributed by atoms with Crippen LogP contribution in [0.2, 0.25) is 0 Å². The summed E-state index contributed by atoms with van der Waals surface area (Å²) >= 11 is 0. The third kappa shape index (κ3) is 3.19. The fraction of sp³-hybridized carbons (Fsp3) is 0.444. The molecule has 0 saturated carbocycles. The average Bonchev–Trinajstić information content (AvgIpc) is 2.16. The van der Waals surface area contributed by atoms with Crippen molar-refractivity contribution >= 4 is 5.91 Å². The summed E-state index contributed by atoms with van der Waals surface area (Å²) in [5.41, 5.74) is 7.97. The van der Waals surface area contributed by atoms with E-state index in [2.05, 4.69) is 16.2 Å². The van der Waals surface area contributed by atoms with Crippen LogP contribution in [-0.4, -0.2) is 12.5 Å². The Kier molecular flexibility index (Phi) is 3.37. The Morgan fingerprint density at radius 3 is 2.77 bits per heavy atom. The number of rotatable bonds is 3. The molecule has 4 heteroatoms. The Morgan fingerprint density at radius 1 is 1.46 bits per heavy atom. The molecule has 0 radical (unpaired) electrons. The van der Waals surface area contributed by atoms with Crippen molar-refractivity contribution in [3.8, 4) is 0 Å². The van der Waals surface area contributed by atoms with E-state index in [0.717, 1.165) is 11.4 Å². The Hall–Kier alpha value is -1.45. The lowest BCUT2D eigenvalue weighted by Gasteiger charge is -2.17. The summed E-state index contributed by atoms with van der Waals surface area (Å²) in [4.78, 5) is 10.9. The zero-order valence-corrected chi connectivity index (χ0v) is 7.98. The van der Waals surface area contributed by atoms with Crippen molar-refractivity contribution in [2.24, 2.45) is 0 Å². The van der Waals surface area contributed by atoms with Gasteiger partial charge in [-0.3, -0.25) is 4.79 Å². The van der Waals surface area contributed by atoms with Crippen LogP contribution in [0.15, 0.2) is 23.5 Å². The maximum Gasteiger partial charge on any atom is 0.220 e. The number of hydrazine groups is 1. The van der Waals surface area contributed by atoms with Gasteiger partial charge in [0.25, 0.3) is 0 Å². The van der Waals surface area contributed by atoms with Crippen molar-refractivity contribution in [3.05, 3.63) is 23.5 Å². The second-order valence-corrected chi connectivity index (χ2v) is 2.92. The van der Waals surface area contributed by atoms with Crippen molar-refractivity contribution in [2.75, 3.05) is 6.54 Å². The van der Waals surface area contributed by atoms with Gasteiger partial charge >= 0.3 is 0 Å². The van der Waals surface area contributed by atoms with E-state index in [1.165, 1.54) is 0 Å². The maximum atomic E-state index is 10.9. The summed E-state index contributed by atoms with van der Waals surface area (Å²) in [6.45, 7) is 4.34. The van der Waals surface area contributed by atoms with Crippen molar-refractivity contribution in [2.45, 2.75) is 20.3 Å². The van der Waals surface area contributed by atoms with Crippen LogP contribution in [0.3, 0.4) is 0 Å². The van der Waals surface area contributed by atoms with Gasteiger partial charge in [0.15, 0.2) is 0 Å². The van der Waals surface area contributed by atoms with Gasteiger partial charge < -0.3 is 16.2 Å². The van der Waals surface area contributed by atoms with Crippen LogP contribution in [0.1, 0.15) is 20.3 Å². The first kappa shape index (κ1) is 9.64. The van der Waals surface area contributed by atoms with Gasteiger partial charge in [0, 0.05) is 12.1 Å². The number of hydrogen-bond donors (Lipinski definition) is 3. The summed E-state index contributed by atoms with van der Waals surface area (Å²) in [5, 5.41) is 2.78. The van der Waals surface area contributed by atoms with E-state index in [-0.39, 0.29) is 5.91 Å². The molecule has 0 aromatic rings. The van der Waals surface area contributed by atoms with Gasteiger partial charge in [0.05, 0.1) is 12.2 Å². The zero-order valence-electron chi connectivity index (χ0n) is 7.98. The van der Waals surface area contributed by atoms with E-state index in [0.29, 0.717) is 13.0 Å². The predicted molar refractivity (Wildman–Crippen MR) is 51.4 cm³/mol. The summed E-state index contributed by atoms with van der Waals surface area (Å²) in [5.74, 6) is 0.0639. The zero-order chi connectivity index (χ0) is 9.68. The highest BCUT2D eigenvalue weighted by Crippen LogP contribution is 1.97. The highest BCUT2D eigenvalue weighted by Gasteiger charge is 2.02. The van der Waals surface area contributed by atoms with E-state index in [4.69, 9.17) is 0 Å². The molecule has 0 bridgehead atoms. The van der Waals surface area contributed by atoms with Crippen LogP contribution in [0, 0.1) is 0 Å². The molecule has 1 rings (SSSR count). The van der Waals surface area contributed by atoms with Crippen molar-refractivity contribution < 1.29 is 4.79 Å². The molecular formula is C9H15N3O. The lowest BCUT2D eigenvalue weighted by Crippen LogP contribution is -2.37. The van der Waals surface area contributed by atoms with E-state index < -0.39 is 0 Å². The van der Waals surface area contributed by atoms with Gasteiger partial charge in [-0.1, -0.05) is 6.92 Å². The first-order valence-electron chi connectivity index (χ1n) is 4.38. The van der Waals surface area contributed by atoms with E-state index in [9.17, 15) is 4.79 Å². The predicted octanol–water partition coefficient (Wildman–Crippen LogP) is 0.408. The van der Waals surface area contributed by atoms with Crippen LogP contribution in [0.25, 0.3) is 0 Å². The summed E-state index contributed by atoms with van der Waals surface area (Å²) in [6.07, 6.45) is 4.43. The molecule has 3 N–H and O–H groups in total. The third-order valence-electron chi connectivity index (χ3n) is 1.75. The number of carbonyl (C=O) groups excluding carboxylic acids is 1. The minimum Gasteiger partial charge on any atom is -0.350 e. The quantitative estimate of drug-likeness (QED) is 0.591. The molecule has 0 atom stereocenters. The molecule has 0 fully saturated rings. The minimum absolute atomic E-state index is 0.0639. The fourth-order valence-corrected chi connectivity index (χ4v) is 0.910. The standard InChI is InChI=1S/C9H15N3O/c1-3-9(13)10-6-8-5-4-7(2)11-12-8/h4-5,11-12H,3,6H2,1-2H3,(H,10,13). The van der Waals surface area contributed by atoms with Crippen molar-refractivity contribution in [3.63, 3.8) is 0 Å². The molecule has 1 aliphatic rings. The van der Waals surface area contributed by atoms with Crippen LogP contribution in [-0.2, 0) is 4.79 Å². The number of allylic oxidation sites excluding steroid dienone is 3. The molecule has 0 aromatic carbocycles. The van der Waals surface area contributed by atoms with Gasteiger partial charge in [0.1, 0.15) is 0 Å².